The van der Waals surface area contributed by atoms with Crippen molar-refractivity contribution in [1.29, 1.82) is 0 Å². The molecule has 4 aromatic rings. The quantitative estimate of drug-likeness (QED) is 0.469. The Morgan fingerprint density at radius 1 is 1.00 bits per heavy atom. The van der Waals surface area contributed by atoms with Crippen molar-refractivity contribution in [2.75, 3.05) is 6.61 Å². The van der Waals surface area contributed by atoms with Crippen LogP contribution in [0.5, 0.6) is 5.75 Å². The van der Waals surface area contributed by atoms with Gasteiger partial charge in [-0.15, -0.1) is 12.4 Å². The Hall–Kier alpha value is -2.56. The van der Waals surface area contributed by atoms with E-state index in [0.29, 0.717) is 12.5 Å². The number of rotatable bonds is 6. The lowest BCUT2D eigenvalue weighted by Crippen LogP contribution is -2.26. The lowest BCUT2D eigenvalue weighted by Gasteiger charge is -2.26. The maximum atomic E-state index is 10.7. The number of nitrogens with zero attached hydrogens (tertiary/aromatic N) is 2. The molecule has 1 aliphatic rings. The van der Waals surface area contributed by atoms with Crippen molar-refractivity contribution >= 4 is 34.2 Å². The minimum atomic E-state index is -0.601. The maximum absolute atomic E-state index is 10.7. The first-order chi connectivity index (χ1) is 13.8. The SMILES string of the molecule is Cl.OC(COc1cccc2ccccc12)Cn1c(C2CCC2)nc2ccccc21. The van der Waals surface area contributed by atoms with Crippen LogP contribution in [0.1, 0.15) is 31.0 Å². The molecule has 0 radical (unpaired) electrons. The normalized spacial score (nSPS) is 15.1. The smallest absolute Gasteiger partial charge is 0.127 e. The summed E-state index contributed by atoms with van der Waals surface area (Å²) in [6, 6.07) is 22.4. The molecule has 1 aromatic heterocycles. The summed E-state index contributed by atoms with van der Waals surface area (Å²) in [5, 5.41) is 12.9. The van der Waals surface area contributed by atoms with Gasteiger partial charge in [0.05, 0.1) is 17.6 Å². The Bertz CT molecular complexity index is 1110. The highest BCUT2D eigenvalue weighted by Crippen LogP contribution is 2.37. The van der Waals surface area contributed by atoms with Crippen LogP contribution in [0.25, 0.3) is 21.8 Å². The largest absolute Gasteiger partial charge is 0.490 e. The zero-order valence-corrected chi connectivity index (χ0v) is 17.0. The fourth-order valence-corrected chi connectivity index (χ4v) is 4.04. The van der Waals surface area contributed by atoms with Crippen molar-refractivity contribution in [1.82, 2.24) is 9.55 Å². The second-order valence-corrected chi connectivity index (χ2v) is 7.64. The number of aliphatic hydroxyl groups is 1. The average Bonchev–Trinajstić information content (AvgIpc) is 3.03. The first-order valence-corrected chi connectivity index (χ1v) is 10.0. The van der Waals surface area contributed by atoms with Crippen LogP contribution >= 0.6 is 12.4 Å². The van der Waals surface area contributed by atoms with E-state index in [0.717, 1.165) is 33.4 Å². The van der Waals surface area contributed by atoms with Crippen molar-refractivity contribution in [2.24, 2.45) is 0 Å². The summed E-state index contributed by atoms with van der Waals surface area (Å²) in [7, 11) is 0. The highest BCUT2D eigenvalue weighted by Gasteiger charge is 2.26. The fraction of sp³-hybridized carbons (Fsp3) is 0.292. The summed E-state index contributed by atoms with van der Waals surface area (Å²) in [5.74, 6) is 2.43. The Morgan fingerprint density at radius 2 is 1.76 bits per heavy atom. The Morgan fingerprint density at radius 3 is 2.59 bits per heavy atom. The van der Waals surface area contributed by atoms with E-state index in [2.05, 4.69) is 28.8 Å². The molecular formula is C24H25ClN2O2. The molecule has 4 nitrogen and oxygen atoms in total. The van der Waals surface area contributed by atoms with Gasteiger partial charge in [-0.05, 0) is 36.4 Å². The third-order valence-electron chi connectivity index (χ3n) is 5.73. The van der Waals surface area contributed by atoms with Crippen molar-refractivity contribution in [3.63, 3.8) is 0 Å². The third-order valence-corrected chi connectivity index (χ3v) is 5.73. The second-order valence-electron chi connectivity index (χ2n) is 7.64. The molecule has 3 aromatic carbocycles. The van der Waals surface area contributed by atoms with Gasteiger partial charge < -0.3 is 14.4 Å². The Labute approximate surface area is 176 Å². The molecule has 1 N–H and O–H groups in total. The highest BCUT2D eigenvalue weighted by atomic mass is 35.5. The van der Waals surface area contributed by atoms with E-state index in [1.165, 1.54) is 19.3 Å². The number of aromatic nitrogens is 2. The van der Waals surface area contributed by atoms with E-state index in [4.69, 9.17) is 9.72 Å². The molecular weight excluding hydrogens is 384 g/mol. The van der Waals surface area contributed by atoms with Crippen molar-refractivity contribution in [2.45, 2.75) is 37.8 Å². The minimum Gasteiger partial charge on any atom is -0.490 e. The summed E-state index contributed by atoms with van der Waals surface area (Å²) in [6.07, 6.45) is 3.04. The van der Waals surface area contributed by atoms with Gasteiger partial charge in [-0.2, -0.15) is 0 Å². The van der Waals surface area contributed by atoms with Crippen molar-refractivity contribution in [3.8, 4) is 5.75 Å². The number of ether oxygens (including phenoxy) is 1. The molecule has 1 saturated carbocycles. The molecule has 5 heteroatoms. The van der Waals surface area contributed by atoms with Crippen LogP contribution in [0.3, 0.4) is 0 Å². The topological polar surface area (TPSA) is 47.3 Å². The molecule has 0 bridgehead atoms. The number of para-hydroxylation sites is 2. The van der Waals surface area contributed by atoms with E-state index in [9.17, 15) is 5.11 Å². The van der Waals surface area contributed by atoms with Gasteiger partial charge in [0.15, 0.2) is 0 Å². The number of hydrogen-bond acceptors (Lipinski definition) is 3. The van der Waals surface area contributed by atoms with E-state index in [1.54, 1.807) is 0 Å². The first kappa shape index (κ1) is 19.7. The van der Waals surface area contributed by atoms with Gasteiger partial charge in [0, 0.05) is 11.3 Å². The standard InChI is InChI=1S/C24H24N2O2.ClH/c27-19(16-28-23-14-6-8-17-7-1-2-11-20(17)23)15-26-22-13-4-3-12-21(22)25-24(26)18-9-5-10-18;/h1-4,6-8,11-14,18-19,27H,5,9-10,15-16H2;1H. The fourth-order valence-electron chi connectivity index (χ4n) is 4.04. The van der Waals surface area contributed by atoms with Crippen LogP contribution in [0.4, 0.5) is 0 Å². The van der Waals surface area contributed by atoms with Crippen molar-refractivity contribution in [3.05, 3.63) is 72.6 Å². The van der Waals surface area contributed by atoms with Gasteiger partial charge >= 0.3 is 0 Å². The molecule has 0 aliphatic heterocycles. The molecule has 1 atom stereocenters. The number of aliphatic hydroxyl groups excluding tert-OH is 1. The van der Waals surface area contributed by atoms with Gasteiger partial charge in [0.2, 0.25) is 0 Å². The van der Waals surface area contributed by atoms with E-state index in [-0.39, 0.29) is 19.0 Å². The molecule has 5 rings (SSSR count). The maximum Gasteiger partial charge on any atom is 0.127 e. The predicted octanol–water partition coefficient (Wildman–Crippen LogP) is 5.32. The zero-order valence-electron chi connectivity index (χ0n) is 16.2. The molecule has 0 saturated heterocycles. The molecule has 0 spiro atoms. The predicted molar refractivity (Wildman–Crippen MR) is 119 cm³/mol. The van der Waals surface area contributed by atoms with E-state index < -0.39 is 6.10 Å². The first-order valence-electron chi connectivity index (χ1n) is 10.0. The Balaban J connectivity index is 0.00000205. The van der Waals surface area contributed by atoms with E-state index in [1.807, 2.05) is 42.5 Å². The number of imidazole rings is 1. The monoisotopic (exact) mass is 408 g/mol. The van der Waals surface area contributed by atoms with Crippen LogP contribution < -0.4 is 4.74 Å². The number of fused-ring (bicyclic) bond motifs is 2. The molecule has 1 aliphatic carbocycles. The lowest BCUT2D eigenvalue weighted by atomic mass is 9.85. The summed E-state index contributed by atoms with van der Waals surface area (Å²) >= 11 is 0. The van der Waals surface area contributed by atoms with Gasteiger partial charge in [0.1, 0.15) is 24.3 Å². The average molecular weight is 409 g/mol. The van der Waals surface area contributed by atoms with Crippen LogP contribution in [0.15, 0.2) is 66.7 Å². The summed E-state index contributed by atoms with van der Waals surface area (Å²) in [4.78, 5) is 4.86. The second kappa shape index (κ2) is 8.44. The third kappa shape index (κ3) is 3.83. The molecule has 29 heavy (non-hydrogen) atoms. The van der Waals surface area contributed by atoms with Crippen molar-refractivity contribution < 1.29 is 9.84 Å². The molecule has 0 amide bonds. The van der Waals surface area contributed by atoms with Crippen LogP contribution in [-0.2, 0) is 6.54 Å². The summed E-state index contributed by atoms with van der Waals surface area (Å²) in [5.41, 5.74) is 2.10. The zero-order chi connectivity index (χ0) is 18.9. The van der Waals surface area contributed by atoms with Gasteiger partial charge in [-0.3, -0.25) is 0 Å². The molecule has 1 heterocycles. The van der Waals surface area contributed by atoms with E-state index >= 15 is 0 Å². The Kier molecular flexibility index (Phi) is 5.74. The molecule has 150 valence electrons. The van der Waals surface area contributed by atoms with Gasteiger partial charge in [-0.25, -0.2) is 4.98 Å². The number of benzene rings is 3. The summed E-state index contributed by atoms with van der Waals surface area (Å²) < 4.78 is 8.19. The lowest BCUT2D eigenvalue weighted by molar-refractivity contribution is 0.0927. The molecule has 1 fully saturated rings. The minimum absolute atomic E-state index is 0. The highest BCUT2D eigenvalue weighted by molar-refractivity contribution is 5.88. The van der Waals surface area contributed by atoms with Crippen LogP contribution in [0.2, 0.25) is 0 Å². The number of halogens is 1. The summed E-state index contributed by atoms with van der Waals surface area (Å²) in [6.45, 7) is 0.752. The van der Waals surface area contributed by atoms with Crippen LogP contribution in [-0.4, -0.2) is 27.4 Å². The van der Waals surface area contributed by atoms with Gasteiger partial charge in [-0.1, -0.05) is 55.0 Å². The van der Waals surface area contributed by atoms with Crippen LogP contribution in [0, 0.1) is 0 Å². The molecule has 1 unspecified atom stereocenters. The number of hydrogen-bond donors (Lipinski definition) is 1. The van der Waals surface area contributed by atoms with Gasteiger partial charge in [0.25, 0.3) is 0 Å².